The number of rotatable bonds is 3. The first-order chi connectivity index (χ1) is 6.89. The summed E-state index contributed by atoms with van der Waals surface area (Å²) in [4.78, 5) is 0.159. The molecule has 0 saturated carbocycles. The molecule has 1 aromatic carbocycles. The van der Waals surface area contributed by atoms with Gasteiger partial charge in [0.1, 0.15) is 5.37 Å². The van der Waals surface area contributed by atoms with Gasteiger partial charge in [-0.25, -0.2) is 8.42 Å². The molecule has 0 aliphatic heterocycles. The van der Waals surface area contributed by atoms with Gasteiger partial charge in [0.05, 0.1) is 11.5 Å². The first kappa shape index (κ1) is 12.2. The fraction of sp³-hybridized carbons (Fsp3) is 0.400. The number of aliphatic hydroxyl groups excluding tert-OH is 1. The SMILES string of the molecule is Cc1ccc(S(=O)(=O)C(N)CO)cc1C. The molecule has 4 nitrogen and oxygen atoms in total. The van der Waals surface area contributed by atoms with E-state index in [1.807, 2.05) is 13.8 Å². The van der Waals surface area contributed by atoms with Crippen LogP contribution in [0.5, 0.6) is 0 Å². The van der Waals surface area contributed by atoms with Gasteiger partial charge in [-0.3, -0.25) is 0 Å². The molecule has 1 aromatic rings. The van der Waals surface area contributed by atoms with Crippen molar-refractivity contribution in [2.75, 3.05) is 6.61 Å². The highest BCUT2D eigenvalue weighted by atomic mass is 32.2. The Morgan fingerprint density at radius 2 is 1.93 bits per heavy atom. The van der Waals surface area contributed by atoms with Crippen LogP contribution in [0.3, 0.4) is 0 Å². The molecule has 0 saturated heterocycles. The van der Waals surface area contributed by atoms with Crippen molar-refractivity contribution in [1.82, 2.24) is 0 Å². The maximum absolute atomic E-state index is 11.7. The molecule has 1 atom stereocenters. The summed E-state index contributed by atoms with van der Waals surface area (Å²) in [7, 11) is -3.60. The second-order valence-electron chi connectivity index (χ2n) is 3.51. The van der Waals surface area contributed by atoms with E-state index in [0.29, 0.717) is 0 Å². The van der Waals surface area contributed by atoms with E-state index < -0.39 is 21.8 Å². The first-order valence-corrected chi connectivity index (χ1v) is 6.12. The van der Waals surface area contributed by atoms with Gasteiger partial charge in [0.2, 0.25) is 0 Å². The molecular weight excluding hydrogens is 214 g/mol. The molecule has 0 heterocycles. The fourth-order valence-corrected chi connectivity index (χ4v) is 2.31. The van der Waals surface area contributed by atoms with Gasteiger partial charge in [0, 0.05) is 0 Å². The lowest BCUT2D eigenvalue weighted by molar-refractivity contribution is 0.292. The number of benzene rings is 1. The number of aryl methyl sites for hydroxylation is 2. The second kappa shape index (κ2) is 4.30. The molecule has 1 unspecified atom stereocenters. The molecule has 0 radical (unpaired) electrons. The lowest BCUT2D eigenvalue weighted by Gasteiger charge is -2.11. The van der Waals surface area contributed by atoms with Crippen molar-refractivity contribution in [3.05, 3.63) is 29.3 Å². The third-order valence-electron chi connectivity index (χ3n) is 2.39. The van der Waals surface area contributed by atoms with E-state index in [9.17, 15) is 8.42 Å². The van der Waals surface area contributed by atoms with E-state index in [0.717, 1.165) is 11.1 Å². The lowest BCUT2D eigenvalue weighted by Crippen LogP contribution is -2.34. The zero-order chi connectivity index (χ0) is 11.6. The molecular formula is C10H15NO3S. The predicted molar refractivity (Wildman–Crippen MR) is 58.2 cm³/mol. The molecule has 1 rings (SSSR count). The molecule has 15 heavy (non-hydrogen) atoms. The van der Waals surface area contributed by atoms with Crippen LogP contribution in [0.25, 0.3) is 0 Å². The number of hydrogen-bond acceptors (Lipinski definition) is 4. The third kappa shape index (κ3) is 2.37. The van der Waals surface area contributed by atoms with Crippen molar-refractivity contribution in [3.63, 3.8) is 0 Å². The Morgan fingerprint density at radius 3 is 2.40 bits per heavy atom. The fourth-order valence-electron chi connectivity index (χ4n) is 1.16. The van der Waals surface area contributed by atoms with Gasteiger partial charge in [0.25, 0.3) is 0 Å². The monoisotopic (exact) mass is 229 g/mol. The average Bonchev–Trinajstić information content (AvgIpc) is 2.20. The van der Waals surface area contributed by atoms with Crippen LogP contribution in [0.2, 0.25) is 0 Å². The van der Waals surface area contributed by atoms with E-state index in [2.05, 4.69) is 0 Å². The summed E-state index contributed by atoms with van der Waals surface area (Å²) in [5.74, 6) is 0. The number of aliphatic hydroxyl groups is 1. The number of sulfone groups is 1. The zero-order valence-electron chi connectivity index (χ0n) is 8.77. The normalized spacial score (nSPS) is 13.9. The predicted octanol–water partition coefficient (Wildman–Crippen LogP) is 0.354. The zero-order valence-corrected chi connectivity index (χ0v) is 9.58. The highest BCUT2D eigenvalue weighted by molar-refractivity contribution is 7.92. The minimum absolute atomic E-state index is 0.159. The van der Waals surface area contributed by atoms with Gasteiger partial charge in [-0.2, -0.15) is 0 Å². The van der Waals surface area contributed by atoms with Crippen LogP contribution in [0, 0.1) is 13.8 Å². The van der Waals surface area contributed by atoms with Crippen LogP contribution in [-0.2, 0) is 9.84 Å². The minimum atomic E-state index is -3.60. The molecule has 0 spiro atoms. The van der Waals surface area contributed by atoms with Gasteiger partial charge in [0.15, 0.2) is 9.84 Å². The maximum Gasteiger partial charge on any atom is 0.196 e. The Kier molecular flexibility index (Phi) is 3.49. The van der Waals surface area contributed by atoms with Crippen LogP contribution in [-0.4, -0.2) is 25.5 Å². The van der Waals surface area contributed by atoms with E-state index in [4.69, 9.17) is 10.8 Å². The van der Waals surface area contributed by atoms with Gasteiger partial charge in [-0.1, -0.05) is 6.07 Å². The molecule has 0 aliphatic carbocycles. The van der Waals surface area contributed by atoms with E-state index in [-0.39, 0.29) is 4.90 Å². The molecule has 0 bridgehead atoms. The van der Waals surface area contributed by atoms with Gasteiger partial charge in [-0.15, -0.1) is 0 Å². The largest absolute Gasteiger partial charge is 0.394 e. The standard InChI is InChI=1S/C10H15NO3S/c1-7-3-4-9(5-8(7)2)15(13,14)10(11)6-12/h3-5,10,12H,6,11H2,1-2H3. The number of hydrogen-bond donors (Lipinski definition) is 2. The molecule has 0 fully saturated rings. The minimum Gasteiger partial charge on any atom is -0.394 e. The maximum atomic E-state index is 11.7. The van der Waals surface area contributed by atoms with Crippen LogP contribution in [0.4, 0.5) is 0 Å². The summed E-state index contributed by atoms with van der Waals surface area (Å²) in [6.45, 7) is 3.16. The van der Waals surface area contributed by atoms with Crippen molar-refractivity contribution >= 4 is 9.84 Å². The summed E-state index contributed by atoms with van der Waals surface area (Å²) in [5, 5.41) is 7.50. The highest BCUT2D eigenvalue weighted by Crippen LogP contribution is 2.17. The number of nitrogens with two attached hydrogens (primary N) is 1. The third-order valence-corrected chi connectivity index (χ3v) is 4.24. The van der Waals surface area contributed by atoms with Crippen molar-refractivity contribution < 1.29 is 13.5 Å². The van der Waals surface area contributed by atoms with Gasteiger partial charge >= 0.3 is 0 Å². The Hall–Kier alpha value is -0.910. The Balaban J connectivity index is 3.23. The highest BCUT2D eigenvalue weighted by Gasteiger charge is 2.23. The molecule has 0 amide bonds. The molecule has 0 aliphatic rings. The topological polar surface area (TPSA) is 80.4 Å². The van der Waals surface area contributed by atoms with Crippen molar-refractivity contribution in [1.29, 1.82) is 0 Å². The van der Waals surface area contributed by atoms with E-state index >= 15 is 0 Å². The Bertz CT molecular complexity index is 454. The summed E-state index contributed by atoms with van der Waals surface area (Å²) in [6.07, 6.45) is 0. The molecule has 0 aromatic heterocycles. The van der Waals surface area contributed by atoms with Crippen LogP contribution in [0.15, 0.2) is 23.1 Å². The van der Waals surface area contributed by atoms with Crippen LogP contribution in [0.1, 0.15) is 11.1 Å². The lowest BCUT2D eigenvalue weighted by atomic mass is 10.1. The second-order valence-corrected chi connectivity index (χ2v) is 5.68. The van der Waals surface area contributed by atoms with Gasteiger partial charge in [-0.05, 0) is 37.1 Å². The van der Waals surface area contributed by atoms with Gasteiger partial charge < -0.3 is 10.8 Å². The smallest absolute Gasteiger partial charge is 0.196 e. The van der Waals surface area contributed by atoms with Crippen LogP contribution < -0.4 is 5.73 Å². The van der Waals surface area contributed by atoms with Crippen molar-refractivity contribution in [2.24, 2.45) is 5.73 Å². The molecule has 3 N–H and O–H groups in total. The van der Waals surface area contributed by atoms with E-state index in [1.165, 1.54) is 6.07 Å². The quantitative estimate of drug-likeness (QED) is 0.784. The summed E-state index contributed by atoms with van der Waals surface area (Å²) in [5.41, 5.74) is 7.24. The van der Waals surface area contributed by atoms with E-state index in [1.54, 1.807) is 12.1 Å². The van der Waals surface area contributed by atoms with Crippen LogP contribution >= 0.6 is 0 Å². The first-order valence-electron chi connectivity index (χ1n) is 4.57. The summed E-state index contributed by atoms with van der Waals surface area (Å²) in [6, 6.07) is 4.81. The Morgan fingerprint density at radius 1 is 1.33 bits per heavy atom. The molecule has 5 heteroatoms. The average molecular weight is 229 g/mol. The summed E-state index contributed by atoms with van der Waals surface area (Å²) < 4.78 is 23.5. The Labute approximate surface area is 89.7 Å². The van der Waals surface area contributed by atoms with Crippen molar-refractivity contribution in [2.45, 2.75) is 24.1 Å². The summed E-state index contributed by atoms with van der Waals surface area (Å²) >= 11 is 0. The van der Waals surface area contributed by atoms with Crippen molar-refractivity contribution in [3.8, 4) is 0 Å². The molecule has 84 valence electrons.